The van der Waals surface area contributed by atoms with Crippen LogP contribution in [0.2, 0.25) is 0 Å². The van der Waals surface area contributed by atoms with E-state index in [1.165, 1.54) is 30.6 Å². The third kappa shape index (κ3) is 4.57. The van der Waals surface area contributed by atoms with E-state index in [1.807, 2.05) is 6.92 Å². The molecule has 0 aliphatic heterocycles. The molecule has 3 rings (SSSR count). The first-order chi connectivity index (χ1) is 13.0. The highest BCUT2D eigenvalue weighted by molar-refractivity contribution is 7.13. The Bertz CT molecular complexity index is 1000. The quantitative estimate of drug-likeness (QED) is 0.669. The minimum atomic E-state index is -0.468. The van der Waals surface area contributed by atoms with Crippen LogP contribution in [-0.2, 0) is 16.0 Å². The molecule has 0 radical (unpaired) electrons. The van der Waals surface area contributed by atoms with Crippen molar-refractivity contribution in [1.29, 1.82) is 0 Å². The van der Waals surface area contributed by atoms with Crippen LogP contribution in [0.15, 0.2) is 47.8 Å². The highest BCUT2D eigenvalue weighted by Gasteiger charge is 2.13. The molecule has 0 aliphatic rings. The van der Waals surface area contributed by atoms with E-state index in [-0.39, 0.29) is 18.1 Å². The van der Waals surface area contributed by atoms with Crippen molar-refractivity contribution in [2.45, 2.75) is 13.3 Å². The number of halogens is 1. The van der Waals surface area contributed by atoms with Crippen LogP contribution >= 0.6 is 11.3 Å². The molecule has 5 nitrogen and oxygen atoms in total. The first-order valence-electron chi connectivity index (χ1n) is 8.15. The van der Waals surface area contributed by atoms with Crippen molar-refractivity contribution in [2.24, 2.45) is 0 Å². The number of hydrogen-bond donors (Lipinski definition) is 1. The molecule has 0 bridgehead atoms. The minimum absolute atomic E-state index is 0.0771. The summed E-state index contributed by atoms with van der Waals surface area (Å²) < 4.78 is 18.0. The first-order valence-corrected chi connectivity index (χ1v) is 9.03. The molecule has 0 spiro atoms. The van der Waals surface area contributed by atoms with Gasteiger partial charge < -0.3 is 10.1 Å². The third-order valence-corrected chi connectivity index (χ3v) is 4.84. The standard InChI is InChI=1S/C20H17FN2O3S/c1-12-6-7-14(20(25)26-2)9-17(12)23-18(24)10-16-11-27-19(22-16)13-4-3-5-15(21)8-13/h3-9,11H,10H2,1-2H3,(H,23,24). The second kappa shape index (κ2) is 8.09. The van der Waals surface area contributed by atoms with Gasteiger partial charge in [0.15, 0.2) is 0 Å². The van der Waals surface area contributed by atoms with Crippen molar-refractivity contribution in [2.75, 3.05) is 12.4 Å². The number of rotatable bonds is 5. The van der Waals surface area contributed by atoms with Crippen LogP contribution < -0.4 is 5.32 Å². The van der Waals surface area contributed by atoms with Gasteiger partial charge in [-0.25, -0.2) is 14.2 Å². The molecule has 2 aromatic carbocycles. The minimum Gasteiger partial charge on any atom is -0.465 e. The summed E-state index contributed by atoms with van der Waals surface area (Å²) in [4.78, 5) is 28.4. The summed E-state index contributed by atoms with van der Waals surface area (Å²) in [6.07, 6.45) is 0.0771. The maximum atomic E-state index is 13.3. The number of carbonyl (C=O) groups is 2. The van der Waals surface area contributed by atoms with E-state index in [1.54, 1.807) is 35.7 Å². The Labute approximate surface area is 159 Å². The highest BCUT2D eigenvalue weighted by Crippen LogP contribution is 2.25. The number of nitrogens with one attached hydrogen (secondary N) is 1. The van der Waals surface area contributed by atoms with Gasteiger partial charge in [0.05, 0.1) is 24.8 Å². The molecule has 138 valence electrons. The Kier molecular flexibility index (Phi) is 5.61. The van der Waals surface area contributed by atoms with Crippen LogP contribution in [0.25, 0.3) is 10.6 Å². The normalized spacial score (nSPS) is 10.5. The largest absolute Gasteiger partial charge is 0.465 e. The molecule has 3 aromatic rings. The lowest BCUT2D eigenvalue weighted by molar-refractivity contribution is -0.115. The topological polar surface area (TPSA) is 68.3 Å². The second-order valence-corrected chi connectivity index (χ2v) is 6.76. The second-order valence-electron chi connectivity index (χ2n) is 5.90. The molecular formula is C20H17FN2O3S. The van der Waals surface area contributed by atoms with Crippen molar-refractivity contribution in [3.63, 3.8) is 0 Å². The number of nitrogens with zero attached hydrogens (tertiary/aromatic N) is 1. The Balaban J connectivity index is 1.71. The fourth-order valence-corrected chi connectivity index (χ4v) is 3.32. The Hall–Kier alpha value is -3.06. The number of hydrogen-bond acceptors (Lipinski definition) is 5. The average Bonchev–Trinajstić information content (AvgIpc) is 3.11. The lowest BCUT2D eigenvalue weighted by Crippen LogP contribution is -2.16. The zero-order chi connectivity index (χ0) is 19.4. The number of benzene rings is 2. The number of amides is 1. The maximum absolute atomic E-state index is 13.3. The third-order valence-electron chi connectivity index (χ3n) is 3.90. The molecule has 0 unspecified atom stereocenters. The van der Waals surface area contributed by atoms with Crippen LogP contribution in [0, 0.1) is 12.7 Å². The molecule has 0 aliphatic carbocycles. The number of anilines is 1. The molecule has 0 atom stereocenters. The monoisotopic (exact) mass is 384 g/mol. The van der Waals surface area contributed by atoms with Gasteiger partial charge >= 0.3 is 5.97 Å². The van der Waals surface area contributed by atoms with Crippen molar-refractivity contribution in [1.82, 2.24) is 4.98 Å². The van der Waals surface area contributed by atoms with Gasteiger partial charge in [0.2, 0.25) is 5.91 Å². The predicted molar refractivity (Wildman–Crippen MR) is 102 cm³/mol. The number of carbonyl (C=O) groups excluding carboxylic acids is 2. The number of thiazole rings is 1. The molecule has 27 heavy (non-hydrogen) atoms. The zero-order valence-electron chi connectivity index (χ0n) is 14.8. The summed E-state index contributed by atoms with van der Waals surface area (Å²) in [5.41, 5.74) is 3.01. The van der Waals surface area contributed by atoms with Crippen molar-refractivity contribution >= 4 is 28.9 Å². The fourth-order valence-electron chi connectivity index (χ4n) is 2.50. The number of esters is 1. The van der Waals surface area contributed by atoms with E-state index in [0.29, 0.717) is 27.5 Å². The van der Waals surface area contributed by atoms with Gasteiger partial charge in [0.25, 0.3) is 0 Å². The molecule has 0 saturated heterocycles. The lowest BCUT2D eigenvalue weighted by atomic mass is 10.1. The summed E-state index contributed by atoms with van der Waals surface area (Å²) in [6, 6.07) is 11.1. The van der Waals surface area contributed by atoms with Crippen LogP contribution in [0.3, 0.4) is 0 Å². The summed E-state index contributed by atoms with van der Waals surface area (Å²) in [5.74, 6) is -1.05. The first kappa shape index (κ1) is 18.7. The number of methoxy groups -OCH3 is 1. The molecule has 0 fully saturated rings. The van der Waals surface area contributed by atoms with Crippen molar-refractivity contribution < 1.29 is 18.7 Å². The van der Waals surface area contributed by atoms with Crippen LogP contribution in [-0.4, -0.2) is 24.0 Å². The Morgan fingerprint density at radius 3 is 2.78 bits per heavy atom. The SMILES string of the molecule is COC(=O)c1ccc(C)c(NC(=O)Cc2csc(-c3cccc(F)c3)n2)c1. The van der Waals surface area contributed by atoms with E-state index in [2.05, 4.69) is 10.3 Å². The van der Waals surface area contributed by atoms with Gasteiger partial charge in [-0.2, -0.15) is 0 Å². The molecule has 1 N–H and O–H groups in total. The van der Waals surface area contributed by atoms with Gasteiger partial charge in [-0.15, -0.1) is 11.3 Å². The molecule has 1 heterocycles. The van der Waals surface area contributed by atoms with Crippen LogP contribution in [0.1, 0.15) is 21.6 Å². The van der Waals surface area contributed by atoms with Crippen LogP contribution in [0.5, 0.6) is 0 Å². The average molecular weight is 384 g/mol. The van der Waals surface area contributed by atoms with Gasteiger partial charge in [0, 0.05) is 16.6 Å². The molecule has 1 amide bonds. The summed E-state index contributed by atoms with van der Waals surface area (Å²) >= 11 is 1.35. The predicted octanol–water partition coefficient (Wildman–Crippen LogP) is 4.23. The molecular weight excluding hydrogens is 367 g/mol. The fraction of sp³-hybridized carbons (Fsp3) is 0.150. The lowest BCUT2D eigenvalue weighted by Gasteiger charge is -2.09. The molecule has 1 aromatic heterocycles. The van der Waals surface area contributed by atoms with Crippen molar-refractivity contribution in [3.8, 4) is 10.6 Å². The smallest absolute Gasteiger partial charge is 0.337 e. The van der Waals surface area contributed by atoms with E-state index in [9.17, 15) is 14.0 Å². The number of aromatic nitrogens is 1. The van der Waals surface area contributed by atoms with Gasteiger partial charge in [-0.3, -0.25) is 4.79 Å². The van der Waals surface area contributed by atoms with Gasteiger partial charge in [0.1, 0.15) is 10.8 Å². The van der Waals surface area contributed by atoms with E-state index < -0.39 is 5.97 Å². The van der Waals surface area contributed by atoms with E-state index in [0.717, 1.165) is 5.56 Å². The van der Waals surface area contributed by atoms with E-state index >= 15 is 0 Å². The molecule has 7 heteroatoms. The number of aryl methyl sites for hydroxylation is 1. The summed E-state index contributed by atoms with van der Waals surface area (Å²) in [7, 11) is 1.30. The Morgan fingerprint density at radius 2 is 2.04 bits per heavy atom. The Morgan fingerprint density at radius 1 is 1.22 bits per heavy atom. The van der Waals surface area contributed by atoms with Gasteiger partial charge in [-0.05, 0) is 36.8 Å². The zero-order valence-corrected chi connectivity index (χ0v) is 15.6. The van der Waals surface area contributed by atoms with Gasteiger partial charge in [-0.1, -0.05) is 18.2 Å². The summed E-state index contributed by atoms with van der Waals surface area (Å²) in [6.45, 7) is 1.83. The maximum Gasteiger partial charge on any atom is 0.337 e. The summed E-state index contributed by atoms with van der Waals surface area (Å²) in [5, 5.41) is 5.22. The molecule has 0 saturated carbocycles. The number of ether oxygens (including phenoxy) is 1. The van der Waals surface area contributed by atoms with Crippen LogP contribution in [0.4, 0.5) is 10.1 Å². The van der Waals surface area contributed by atoms with E-state index in [4.69, 9.17) is 4.74 Å². The highest BCUT2D eigenvalue weighted by atomic mass is 32.1. The van der Waals surface area contributed by atoms with Crippen molar-refractivity contribution in [3.05, 3.63) is 70.5 Å².